The molecule has 6 heteroatoms. The van der Waals surface area contributed by atoms with Crippen molar-refractivity contribution >= 4 is 11.9 Å². The topological polar surface area (TPSA) is 75.4 Å². The maximum atomic E-state index is 11.5. The third-order valence-corrected chi connectivity index (χ3v) is 2.15. The zero-order valence-corrected chi connectivity index (χ0v) is 9.38. The molecule has 0 aliphatic carbocycles. The lowest BCUT2D eigenvalue weighted by Gasteiger charge is -2.14. The standard InChI is InChI=1S/C10H15N3O3/c1-12(9(14)3-4-10(15)16)7-8-5-6-13(2)11-8/h5-6H,3-4,7H2,1-2H3,(H,15,16). The molecule has 0 atom stereocenters. The molecule has 0 saturated heterocycles. The third kappa shape index (κ3) is 3.72. The summed E-state index contributed by atoms with van der Waals surface area (Å²) in [5.41, 5.74) is 0.786. The Kier molecular flexibility index (Phi) is 4.04. The predicted octanol–water partition coefficient (Wildman–Crippen LogP) is 0.243. The Morgan fingerprint density at radius 2 is 2.19 bits per heavy atom. The van der Waals surface area contributed by atoms with Gasteiger partial charge in [-0.3, -0.25) is 14.3 Å². The van der Waals surface area contributed by atoms with Crippen LogP contribution in [0, 0.1) is 0 Å². The first-order valence-electron chi connectivity index (χ1n) is 4.93. The lowest BCUT2D eigenvalue weighted by molar-refractivity contribution is -0.140. The van der Waals surface area contributed by atoms with Crippen LogP contribution in [0.3, 0.4) is 0 Å². The highest BCUT2D eigenvalue weighted by atomic mass is 16.4. The number of hydrogen-bond acceptors (Lipinski definition) is 3. The quantitative estimate of drug-likeness (QED) is 0.779. The SMILES string of the molecule is CN(Cc1ccn(C)n1)C(=O)CCC(=O)O. The van der Waals surface area contributed by atoms with Crippen LogP contribution in [0.2, 0.25) is 0 Å². The van der Waals surface area contributed by atoms with Crippen molar-refractivity contribution in [1.82, 2.24) is 14.7 Å². The van der Waals surface area contributed by atoms with Gasteiger partial charge in [0.25, 0.3) is 0 Å². The first-order valence-corrected chi connectivity index (χ1v) is 4.93. The molecular formula is C10H15N3O3. The van der Waals surface area contributed by atoms with Crippen molar-refractivity contribution in [3.63, 3.8) is 0 Å². The van der Waals surface area contributed by atoms with Crippen LogP contribution >= 0.6 is 0 Å². The van der Waals surface area contributed by atoms with Crippen LogP contribution in [0.15, 0.2) is 12.3 Å². The molecule has 0 saturated carbocycles. The van der Waals surface area contributed by atoms with Crippen LogP contribution in [0.4, 0.5) is 0 Å². The monoisotopic (exact) mass is 225 g/mol. The van der Waals surface area contributed by atoms with E-state index in [1.165, 1.54) is 4.90 Å². The average molecular weight is 225 g/mol. The van der Waals surface area contributed by atoms with E-state index < -0.39 is 5.97 Å². The molecule has 0 radical (unpaired) electrons. The summed E-state index contributed by atoms with van der Waals surface area (Å²) in [6.45, 7) is 0.402. The number of carboxylic acid groups (broad SMARTS) is 1. The van der Waals surface area contributed by atoms with Gasteiger partial charge in [-0.05, 0) is 6.07 Å². The van der Waals surface area contributed by atoms with E-state index in [9.17, 15) is 9.59 Å². The molecule has 1 rings (SSSR count). The van der Waals surface area contributed by atoms with Crippen molar-refractivity contribution in [1.29, 1.82) is 0 Å². The minimum absolute atomic E-state index is 0.0265. The number of hydrogen-bond donors (Lipinski definition) is 1. The van der Waals surface area contributed by atoms with Gasteiger partial charge in [0.1, 0.15) is 0 Å². The van der Waals surface area contributed by atoms with Gasteiger partial charge in [-0.2, -0.15) is 5.10 Å². The molecule has 1 N–H and O–H groups in total. The molecule has 16 heavy (non-hydrogen) atoms. The van der Waals surface area contributed by atoms with Gasteiger partial charge in [0, 0.05) is 26.7 Å². The fourth-order valence-electron chi connectivity index (χ4n) is 1.28. The molecule has 0 bridgehead atoms. The number of aryl methyl sites for hydroxylation is 1. The highest BCUT2D eigenvalue weighted by molar-refractivity contribution is 5.80. The van der Waals surface area contributed by atoms with Crippen LogP contribution in [-0.4, -0.2) is 38.7 Å². The van der Waals surface area contributed by atoms with Crippen molar-refractivity contribution in [2.24, 2.45) is 7.05 Å². The highest BCUT2D eigenvalue weighted by Gasteiger charge is 2.11. The van der Waals surface area contributed by atoms with Crippen molar-refractivity contribution in [3.8, 4) is 0 Å². The Bertz CT molecular complexity index is 386. The molecule has 0 spiro atoms. The third-order valence-electron chi connectivity index (χ3n) is 2.15. The normalized spacial score (nSPS) is 10.1. The summed E-state index contributed by atoms with van der Waals surface area (Å²) in [7, 11) is 3.44. The van der Waals surface area contributed by atoms with Crippen molar-refractivity contribution in [3.05, 3.63) is 18.0 Å². The average Bonchev–Trinajstić information content (AvgIpc) is 2.60. The number of rotatable bonds is 5. The van der Waals surface area contributed by atoms with Gasteiger partial charge < -0.3 is 10.0 Å². The smallest absolute Gasteiger partial charge is 0.303 e. The van der Waals surface area contributed by atoms with Gasteiger partial charge in [-0.1, -0.05) is 0 Å². The largest absolute Gasteiger partial charge is 0.481 e. The van der Waals surface area contributed by atoms with Gasteiger partial charge in [0.15, 0.2) is 0 Å². The number of carboxylic acids is 1. The summed E-state index contributed by atoms with van der Waals surface area (Å²) in [6, 6.07) is 1.82. The van der Waals surface area contributed by atoms with E-state index in [2.05, 4.69) is 5.10 Å². The summed E-state index contributed by atoms with van der Waals surface area (Å²) in [4.78, 5) is 23.3. The van der Waals surface area contributed by atoms with Gasteiger partial charge >= 0.3 is 5.97 Å². The predicted molar refractivity (Wildman–Crippen MR) is 56.6 cm³/mol. The number of carbonyl (C=O) groups excluding carboxylic acids is 1. The highest BCUT2D eigenvalue weighted by Crippen LogP contribution is 2.02. The maximum Gasteiger partial charge on any atom is 0.303 e. The van der Waals surface area contributed by atoms with Gasteiger partial charge in [-0.25, -0.2) is 0 Å². The van der Waals surface area contributed by atoms with Crippen LogP contribution in [0.1, 0.15) is 18.5 Å². The van der Waals surface area contributed by atoms with E-state index in [1.807, 2.05) is 6.07 Å². The number of aliphatic carboxylic acids is 1. The number of aromatic nitrogens is 2. The summed E-state index contributed by atoms with van der Waals surface area (Å²) in [5.74, 6) is -1.15. The van der Waals surface area contributed by atoms with E-state index in [1.54, 1.807) is 25.0 Å². The van der Waals surface area contributed by atoms with E-state index in [-0.39, 0.29) is 18.7 Å². The fourth-order valence-corrected chi connectivity index (χ4v) is 1.28. The Hall–Kier alpha value is -1.85. The Morgan fingerprint density at radius 1 is 1.50 bits per heavy atom. The number of carbonyl (C=O) groups is 2. The molecule has 1 aromatic heterocycles. The summed E-state index contributed by atoms with van der Waals surface area (Å²) in [5, 5.41) is 12.6. The fraction of sp³-hybridized carbons (Fsp3) is 0.500. The minimum atomic E-state index is -0.959. The van der Waals surface area contributed by atoms with E-state index in [0.29, 0.717) is 6.54 Å². The first kappa shape index (κ1) is 12.2. The molecule has 1 aromatic rings. The maximum absolute atomic E-state index is 11.5. The Labute approximate surface area is 93.5 Å². The van der Waals surface area contributed by atoms with Crippen LogP contribution in [0.5, 0.6) is 0 Å². The van der Waals surface area contributed by atoms with E-state index in [0.717, 1.165) is 5.69 Å². The summed E-state index contributed by atoms with van der Waals surface area (Å²) >= 11 is 0. The lowest BCUT2D eigenvalue weighted by atomic mass is 10.3. The van der Waals surface area contributed by atoms with Crippen LogP contribution in [0.25, 0.3) is 0 Å². The Balaban J connectivity index is 2.42. The molecule has 1 heterocycles. The second kappa shape index (κ2) is 5.29. The molecule has 0 unspecified atom stereocenters. The van der Waals surface area contributed by atoms with Crippen molar-refractivity contribution < 1.29 is 14.7 Å². The first-order chi connectivity index (χ1) is 7.49. The van der Waals surface area contributed by atoms with Crippen LogP contribution in [-0.2, 0) is 23.2 Å². The lowest BCUT2D eigenvalue weighted by Crippen LogP contribution is -2.26. The zero-order valence-electron chi connectivity index (χ0n) is 9.38. The van der Waals surface area contributed by atoms with Gasteiger partial charge in [0.05, 0.1) is 18.7 Å². The zero-order chi connectivity index (χ0) is 12.1. The van der Waals surface area contributed by atoms with Gasteiger partial charge in [-0.15, -0.1) is 0 Å². The Morgan fingerprint density at radius 3 is 2.69 bits per heavy atom. The van der Waals surface area contributed by atoms with E-state index in [4.69, 9.17) is 5.11 Å². The van der Waals surface area contributed by atoms with Crippen molar-refractivity contribution in [2.75, 3.05) is 7.05 Å². The summed E-state index contributed by atoms with van der Waals surface area (Å²) in [6.07, 6.45) is 1.69. The molecule has 0 aliphatic rings. The summed E-state index contributed by atoms with van der Waals surface area (Å²) < 4.78 is 1.66. The van der Waals surface area contributed by atoms with Crippen molar-refractivity contribution in [2.45, 2.75) is 19.4 Å². The molecule has 1 amide bonds. The second-order valence-electron chi connectivity index (χ2n) is 3.62. The molecule has 0 aromatic carbocycles. The molecule has 0 aliphatic heterocycles. The molecule has 6 nitrogen and oxygen atoms in total. The second-order valence-corrected chi connectivity index (χ2v) is 3.62. The van der Waals surface area contributed by atoms with Crippen LogP contribution < -0.4 is 0 Å². The number of nitrogens with zero attached hydrogens (tertiary/aromatic N) is 3. The molecule has 0 fully saturated rings. The van der Waals surface area contributed by atoms with Gasteiger partial charge in [0.2, 0.25) is 5.91 Å². The van der Waals surface area contributed by atoms with E-state index >= 15 is 0 Å². The minimum Gasteiger partial charge on any atom is -0.481 e. The molecule has 88 valence electrons. The molecular weight excluding hydrogens is 210 g/mol. The number of amides is 1.